The highest BCUT2D eigenvalue weighted by Crippen LogP contribution is 2.32. The Morgan fingerprint density at radius 1 is 1.11 bits per heavy atom. The molecule has 0 spiro atoms. The van der Waals surface area contributed by atoms with Crippen LogP contribution < -0.4 is 11.3 Å². The van der Waals surface area contributed by atoms with E-state index in [4.69, 9.17) is 15.3 Å². The van der Waals surface area contributed by atoms with Gasteiger partial charge in [-0.2, -0.15) is 0 Å². The third-order valence-electron chi connectivity index (χ3n) is 4.64. The van der Waals surface area contributed by atoms with Crippen LogP contribution in [0, 0.1) is 11.8 Å². The Hall–Kier alpha value is -0.160. The van der Waals surface area contributed by atoms with Gasteiger partial charge >= 0.3 is 0 Å². The zero-order valence-electron chi connectivity index (χ0n) is 11.6. The minimum atomic E-state index is 0.235. The van der Waals surface area contributed by atoms with Crippen LogP contribution in [0.25, 0.3) is 0 Å². The number of hydrogen-bond acceptors (Lipinski definition) is 4. The van der Waals surface area contributed by atoms with Crippen molar-refractivity contribution in [1.29, 1.82) is 0 Å². The summed E-state index contributed by atoms with van der Waals surface area (Å²) < 4.78 is 11.4. The SMILES string of the molecule is COC(C1CCCCC1)C(NN)C1CCCOC1. The monoisotopic (exact) mass is 256 g/mol. The first-order valence-corrected chi connectivity index (χ1v) is 7.43. The van der Waals surface area contributed by atoms with E-state index in [-0.39, 0.29) is 12.1 Å². The van der Waals surface area contributed by atoms with Crippen molar-refractivity contribution in [1.82, 2.24) is 5.43 Å². The predicted octanol–water partition coefficient (Wildman–Crippen LogP) is 1.84. The average Bonchev–Trinajstić information content (AvgIpc) is 2.46. The van der Waals surface area contributed by atoms with Gasteiger partial charge in [0.15, 0.2) is 0 Å². The van der Waals surface area contributed by atoms with E-state index < -0.39 is 0 Å². The van der Waals surface area contributed by atoms with Crippen molar-refractivity contribution in [3.63, 3.8) is 0 Å². The van der Waals surface area contributed by atoms with Gasteiger partial charge in [0.1, 0.15) is 0 Å². The first-order valence-electron chi connectivity index (χ1n) is 7.43. The van der Waals surface area contributed by atoms with Crippen LogP contribution in [0.5, 0.6) is 0 Å². The second kappa shape index (κ2) is 7.43. The largest absolute Gasteiger partial charge is 0.381 e. The lowest BCUT2D eigenvalue weighted by molar-refractivity contribution is -0.0393. The molecule has 4 heteroatoms. The van der Waals surface area contributed by atoms with Crippen LogP contribution >= 0.6 is 0 Å². The number of methoxy groups -OCH3 is 1. The molecular weight excluding hydrogens is 228 g/mol. The topological polar surface area (TPSA) is 56.5 Å². The van der Waals surface area contributed by atoms with Crippen molar-refractivity contribution in [2.45, 2.75) is 57.1 Å². The van der Waals surface area contributed by atoms with Gasteiger partial charge in [-0.15, -0.1) is 0 Å². The summed E-state index contributed by atoms with van der Waals surface area (Å²) in [5.74, 6) is 6.96. The van der Waals surface area contributed by atoms with Gasteiger partial charge in [0, 0.05) is 19.6 Å². The van der Waals surface area contributed by atoms with Crippen LogP contribution in [-0.4, -0.2) is 32.5 Å². The van der Waals surface area contributed by atoms with Gasteiger partial charge in [-0.1, -0.05) is 19.3 Å². The highest BCUT2D eigenvalue weighted by molar-refractivity contribution is 4.89. The molecule has 0 aromatic heterocycles. The van der Waals surface area contributed by atoms with E-state index in [0.717, 1.165) is 19.6 Å². The first-order chi connectivity index (χ1) is 8.86. The van der Waals surface area contributed by atoms with Gasteiger partial charge in [0.2, 0.25) is 0 Å². The molecule has 3 unspecified atom stereocenters. The first kappa shape index (κ1) is 14.3. The Bertz CT molecular complexity index is 202. The minimum Gasteiger partial charge on any atom is -0.381 e. The maximum atomic E-state index is 5.80. The molecule has 3 N–H and O–H groups in total. The lowest BCUT2D eigenvalue weighted by Gasteiger charge is -2.39. The van der Waals surface area contributed by atoms with Gasteiger partial charge in [0.05, 0.1) is 18.8 Å². The fourth-order valence-electron chi connectivity index (χ4n) is 3.64. The molecule has 4 nitrogen and oxygen atoms in total. The lowest BCUT2D eigenvalue weighted by Crippen LogP contribution is -2.54. The van der Waals surface area contributed by atoms with Gasteiger partial charge in [-0.3, -0.25) is 11.3 Å². The van der Waals surface area contributed by atoms with Crippen LogP contribution in [0.3, 0.4) is 0 Å². The molecule has 1 saturated carbocycles. The van der Waals surface area contributed by atoms with Crippen LogP contribution in [0.4, 0.5) is 0 Å². The van der Waals surface area contributed by atoms with E-state index in [9.17, 15) is 0 Å². The second-order valence-corrected chi connectivity index (χ2v) is 5.77. The van der Waals surface area contributed by atoms with Crippen molar-refractivity contribution in [3.8, 4) is 0 Å². The Labute approximate surface area is 111 Å². The van der Waals surface area contributed by atoms with E-state index in [1.165, 1.54) is 38.5 Å². The van der Waals surface area contributed by atoms with Crippen LogP contribution in [-0.2, 0) is 9.47 Å². The fraction of sp³-hybridized carbons (Fsp3) is 1.00. The Morgan fingerprint density at radius 3 is 2.39 bits per heavy atom. The Morgan fingerprint density at radius 2 is 1.83 bits per heavy atom. The quantitative estimate of drug-likeness (QED) is 0.582. The molecular formula is C14H28N2O2. The predicted molar refractivity (Wildman–Crippen MR) is 72.0 cm³/mol. The van der Waals surface area contributed by atoms with E-state index >= 15 is 0 Å². The summed E-state index contributed by atoms with van der Waals surface area (Å²) >= 11 is 0. The van der Waals surface area contributed by atoms with Crippen molar-refractivity contribution in [2.75, 3.05) is 20.3 Å². The zero-order valence-corrected chi connectivity index (χ0v) is 11.6. The highest BCUT2D eigenvalue weighted by atomic mass is 16.5. The number of rotatable bonds is 5. The Balaban J connectivity index is 1.97. The standard InChI is InChI=1S/C14H28N2O2/c1-17-14(11-6-3-2-4-7-11)13(16-15)12-8-5-9-18-10-12/h11-14,16H,2-10,15H2,1H3. The molecule has 1 saturated heterocycles. The van der Waals surface area contributed by atoms with Crippen molar-refractivity contribution >= 4 is 0 Å². The third kappa shape index (κ3) is 3.44. The fourth-order valence-corrected chi connectivity index (χ4v) is 3.64. The van der Waals surface area contributed by atoms with Gasteiger partial charge in [0.25, 0.3) is 0 Å². The van der Waals surface area contributed by atoms with Crippen LogP contribution in [0.1, 0.15) is 44.9 Å². The van der Waals surface area contributed by atoms with Gasteiger partial charge in [-0.25, -0.2) is 0 Å². The molecule has 0 aromatic rings. The minimum absolute atomic E-state index is 0.235. The third-order valence-corrected chi connectivity index (χ3v) is 4.64. The molecule has 0 radical (unpaired) electrons. The lowest BCUT2D eigenvalue weighted by atomic mass is 9.78. The number of hydrogen-bond donors (Lipinski definition) is 2. The molecule has 2 aliphatic rings. The number of ether oxygens (including phenoxy) is 2. The highest BCUT2D eigenvalue weighted by Gasteiger charge is 2.35. The van der Waals surface area contributed by atoms with Gasteiger partial charge in [-0.05, 0) is 31.6 Å². The smallest absolute Gasteiger partial charge is 0.0769 e. The second-order valence-electron chi connectivity index (χ2n) is 5.77. The maximum absolute atomic E-state index is 5.80. The van der Waals surface area contributed by atoms with E-state index in [0.29, 0.717) is 11.8 Å². The van der Waals surface area contributed by atoms with Crippen LogP contribution in [0.2, 0.25) is 0 Å². The molecule has 0 amide bonds. The zero-order chi connectivity index (χ0) is 12.8. The summed E-state index contributed by atoms with van der Waals surface area (Å²) in [7, 11) is 1.83. The number of nitrogens with one attached hydrogen (secondary N) is 1. The molecule has 1 aliphatic heterocycles. The summed E-state index contributed by atoms with van der Waals surface area (Å²) in [4.78, 5) is 0. The summed E-state index contributed by atoms with van der Waals surface area (Å²) in [6, 6.07) is 0.235. The molecule has 3 atom stereocenters. The molecule has 2 fully saturated rings. The maximum Gasteiger partial charge on any atom is 0.0769 e. The summed E-state index contributed by atoms with van der Waals surface area (Å²) in [6.45, 7) is 1.72. The molecule has 1 aliphatic carbocycles. The van der Waals surface area contributed by atoms with E-state index in [1.54, 1.807) is 0 Å². The summed E-state index contributed by atoms with van der Waals surface area (Å²) in [5, 5.41) is 0. The molecule has 18 heavy (non-hydrogen) atoms. The van der Waals surface area contributed by atoms with Crippen molar-refractivity contribution in [3.05, 3.63) is 0 Å². The summed E-state index contributed by atoms with van der Waals surface area (Å²) in [6.07, 6.45) is 9.19. The molecule has 2 rings (SSSR count). The van der Waals surface area contributed by atoms with Crippen LogP contribution in [0.15, 0.2) is 0 Å². The van der Waals surface area contributed by atoms with Crippen molar-refractivity contribution < 1.29 is 9.47 Å². The van der Waals surface area contributed by atoms with Gasteiger partial charge < -0.3 is 9.47 Å². The molecule has 0 aromatic carbocycles. The molecule has 1 heterocycles. The number of nitrogens with two attached hydrogens (primary N) is 1. The Kier molecular flexibility index (Phi) is 5.89. The normalized spacial score (nSPS) is 30.0. The van der Waals surface area contributed by atoms with E-state index in [2.05, 4.69) is 5.43 Å². The van der Waals surface area contributed by atoms with Crippen molar-refractivity contribution in [2.24, 2.45) is 17.7 Å². The molecule has 0 bridgehead atoms. The van der Waals surface area contributed by atoms with E-state index in [1.807, 2.05) is 7.11 Å². The molecule has 106 valence electrons. The number of hydrazine groups is 1. The average molecular weight is 256 g/mol. The summed E-state index contributed by atoms with van der Waals surface area (Å²) in [5.41, 5.74) is 3.02.